The first-order valence-corrected chi connectivity index (χ1v) is 6.83. The predicted octanol–water partition coefficient (Wildman–Crippen LogP) is 3.74. The molecular formula is C16H27NO. The van der Waals surface area contributed by atoms with E-state index in [0.717, 1.165) is 12.2 Å². The fourth-order valence-electron chi connectivity index (χ4n) is 1.71. The smallest absolute Gasteiger partial charge is 0.119 e. The monoisotopic (exact) mass is 249 g/mol. The van der Waals surface area contributed by atoms with Crippen molar-refractivity contribution in [1.82, 2.24) is 0 Å². The van der Waals surface area contributed by atoms with Gasteiger partial charge in [-0.05, 0) is 29.0 Å². The molecule has 0 radical (unpaired) electrons. The topological polar surface area (TPSA) is 35.2 Å². The zero-order valence-corrected chi connectivity index (χ0v) is 12.4. The number of benzene rings is 1. The predicted molar refractivity (Wildman–Crippen MR) is 78.1 cm³/mol. The van der Waals surface area contributed by atoms with Gasteiger partial charge in [-0.3, -0.25) is 0 Å². The van der Waals surface area contributed by atoms with E-state index in [0.29, 0.717) is 12.5 Å². The highest BCUT2D eigenvalue weighted by molar-refractivity contribution is 5.31. The third-order valence-electron chi connectivity index (χ3n) is 3.54. The van der Waals surface area contributed by atoms with Crippen LogP contribution < -0.4 is 10.5 Å². The van der Waals surface area contributed by atoms with Crippen molar-refractivity contribution in [2.45, 2.75) is 52.5 Å². The van der Waals surface area contributed by atoms with Crippen LogP contribution in [0.15, 0.2) is 24.3 Å². The molecule has 1 rings (SSSR count). The summed E-state index contributed by atoms with van der Waals surface area (Å²) in [6.07, 6.45) is 1.09. The third-order valence-corrected chi connectivity index (χ3v) is 3.54. The molecule has 0 bridgehead atoms. The summed E-state index contributed by atoms with van der Waals surface area (Å²) in [6.45, 7) is 11.5. The van der Waals surface area contributed by atoms with Gasteiger partial charge in [0.2, 0.25) is 0 Å². The maximum absolute atomic E-state index is 6.05. The summed E-state index contributed by atoms with van der Waals surface area (Å²) >= 11 is 0. The minimum absolute atomic E-state index is 0.109. The molecule has 2 unspecified atom stereocenters. The largest absolute Gasteiger partial charge is 0.492 e. The SMILES string of the molecule is CCC(C)C(N)COc1ccc(C(C)(C)C)cc1. The van der Waals surface area contributed by atoms with Crippen molar-refractivity contribution in [2.75, 3.05) is 6.61 Å². The first-order chi connectivity index (χ1) is 8.34. The maximum atomic E-state index is 6.05. The molecule has 2 heteroatoms. The van der Waals surface area contributed by atoms with E-state index >= 15 is 0 Å². The van der Waals surface area contributed by atoms with Crippen LogP contribution in [0, 0.1) is 5.92 Å². The van der Waals surface area contributed by atoms with Crippen molar-refractivity contribution < 1.29 is 4.74 Å². The van der Waals surface area contributed by atoms with E-state index < -0.39 is 0 Å². The van der Waals surface area contributed by atoms with Gasteiger partial charge in [-0.15, -0.1) is 0 Å². The van der Waals surface area contributed by atoms with E-state index in [1.165, 1.54) is 5.56 Å². The van der Waals surface area contributed by atoms with Gasteiger partial charge >= 0.3 is 0 Å². The number of nitrogens with two attached hydrogens (primary N) is 1. The molecule has 18 heavy (non-hydrogen) atoms. The van der Waals surface area contributed by atoms with Gasteiger partial charge in [0, 0.05) is 6.04 Å². The normalized spacial score (nSPS) is 15.2. The lowest BCUT2D eigenvalue weighted by atomic mass is 9.87. The second-order valence-electron chi connectivity index (χ2n) is 6.13. The Bertz CT molecular complexity index is 350. The second-order valence-corrected chi connectivity index (χ2v) is 6.13. The Kier molecular flexibility index (Phi) is 5.21. The first kappa shape index (κ1) is 15.0. The van der Waals surface area contributed by atoms with Crippen molar-refractivity contribution >= 4 is 0 Å². The van der Waals surface area contributed by atoms with Crippen molar-refractivity contribution in [3.63, 3.8) is 0 Å². The van der Waals surface area contributed by atoms with E-state index in [1.807, 2.05) is 12.1 Å². The Labute approximate surface area is 112 Å². The molecule has 0 spiro atoms. The van der Waals surface area contributed by atoms with E-state index in [1.54, 1.807) is 0 Å². The van der Waals surface area contributed by atoms with E-state index in [9.17, 15) is 0 Å². The standard InChI is InChI=1S/C16H27NO/c1-6-12(2)15(17)11-18-14-9-7-13(8-10-14)16(3,4)5/h7-10,12,15H,6,11,17H2,1-5H3. The zero-order chi connectivity index (χ0) is 13.8. The minimum Gasteiger partial charge on any atom is -0.492 e. The average molecular weight is 249 g/mol. The van der Waals surface area contributed by atoms with Gasteiger partial charge in [0.05, 0.1) is 0 Å². The highest BCUT2D eigenvalue weighted by Crippen LogP contribution is 2.24. The third kappa shape index (κ3) is 4.34. The van der Waals surface area contributed by atoms with E-state index in [-0.39, 0.29) is 11.5 Å². The van der Waals surface area contributed by atoms with Crippen LogP contribution >= 0.6 is 0 Å². The summed E-state index contributed by atoms with van der Waals surface area (Å²) in [4.78, 5) is 0. The quantitative estimate of drug-likeness (QED) is 0.863. The summed E-state index contributed by atoms with van der Waals surface area (Å²) in [7, 11) is 0. The summed E-state index contributed by atoms with van der Waals surface area (Å²) in [5.74, 6) is 1.40. The summed E-state index contributed by atoms with van der Waals surface area (Å²) < 4.78 is 5.73. The highest BCUT2D eigenvalue weighted by atomic mass is 16.5. The van der Waals surface area contributed by atoms with Gasteiger partial charge in [-0.1, -0.05) is 53.2 Å². The molecule has 0 saturated heterocycles. The van der Waals surface area contributed by atoms with Gasteiger partial charge < -0.3 is 10.5 Å². The molecule has 0 aliphatic heterocycles. The van der Waals surface area contributed by atoms with Gasteiger partial charge in [-0.2, -0.15) is 0 Å². The molecule has 0 aromatic heterocycles. The Morgan fingerprint density at radius 3 is 2.17 bits per heavy atom. The molecule has 0 heterocycles. The van der Waals surface area contributed by atoms with Gasteiger partial charge in [0.25, 0.3) is 0 Å². The van der Waals surface area contributed by atoms with Gasteiger partial charge in [0.1, 0.15) is 12.4 Å². The Morgan fingerprint density at radius 1 is 1.17 bits per heavy atom. The zero-order valence-electron chi connectivity index (χ0n) is 12.4. The molecule has 0 fully saturated rings. The molecule has 1 aromatic carbocycles. The van der Waals surface area contributed by atoms with E-state index in [4.69, 9.17) is 10.5 Å². The van der Waals surface area contributed by atoms with Gasteiger partial charge in [0.15, 0.2) is 0 Å². The van der Waals surface area contributed by atoms with Crippen LogP contribution in [0.1, 0.15) is 46.6 Å². The van der Waals surface area contributed by atoms with Crippen LogP contribution in [0.3, 0.4) is 0 Å². The average Bonchev–Trinajstić information content (AvgIpc) is 2.34. The molecule has 2 atom stereocenters. The minimum atomic E-state index is 0.109. The van der Waals surface area contributed by atoms with Crippen LogP contribution in [0.5, 0.6) is 5.75 Å². The Hall–Kier alpha value is -1.02. The number of hydrogen-bond acceptors (Lipinski definition) is 2. The number of hydrogen-bond donors (Lipinski definition) is 1. The number of ether oxygens (including phenoxy) is 1. The molecule has 0 aliphatic rings. The lowest BCUT2D eigenvalue weighted by Gasteiger charge is -2.21. The molecule has 0 saturated carbocycles. The molecule has 2 N–H and O–H groups in total. The molecule has 102 valence electrons. The Morgan fingerprint density at radius 2 is 1.72 bits per heavy atom. The molecule has 1 aromatic rings. The van der Waals surface area contributed by atoms with Crippen LogP contribution in [-0.2, 0) is 5.41 Å². The fraction of sp³-hybridized carbons (Fsp3) is 0.625. The molecule has 2 nitrogen and oxygen atoms in total. The lowest BCUT2D eigenvalue weighted by Crippen LogP contribution is -2.34. The molecular weight excluding hydrogens is 222 g/mol. The van der Waals surface area contributed by atoms with Crippen LogP contribution in [-0.4, -0.2) is 12.6 Å². The number of rotatable bonds is 5. The molecule has 0 amide bonds. The molecule has 0 aliphatic carbocycles. The van der Waals surface area contributed by atoms with Crippen LogP contribution in [0.25, 0.3) is 0 Å². The van der Waals surface area contributed by atoms with Gasteiger partial charge in [-0.25, -0.2) is 0 Å². The fourth-order valence-corrected chi connectivity index (χ4v) is 1.71. The van der Waals surface area contributed by atoms with Crippen molar-refractivity contribution in [3.05, 3.63) is 29.8 Å². The van der Waals surface area contributed by atoms with Crippen molar-refractivity contribution in [2.24, 2.45) is 11.7 Å². The van der Waals surface area contributed by atoms with E-state index in [2.05, 4.69) is 46.8 Å². The summed E-state index contributed by atoms with van der Waals surface area (Å²) in [6, 6.07) is 8.43. The van der Waals surface area contributed by atoms with Crippen LogP contribution in [0.4, 0.5) is 0 Å². The van der Waals surface area contributed by atoms with Crippen molar-refractivity contribution in [1.29, 1.82) is 0 Å². The first-order valence-electron chi connectivity index (χ1n) is 6.83. The summed E-state index contributed by atoms with van der Waals surface area (Å²) in [5.41, 5.74) is 7.56. The van der Waals surface area contributed by atoms with Crippen molar-refractivity contribution in [3.8, 4) is 5.75 Å². The lowest BCUT2D eigenvalue weighted by molar-refractivity contribution is 0.250. The van der Waals surface area contributed by atoms with Crippen LogP contribution in [0.2, 0.25) is 0 Å². The summed E-state index contributed by atoms with van der Waals surface area (Å²) in [5, 5.41) is 0. The maximum Gasteiger partial charge on any atom is 0.119 e. The second kappa shape index (κ2) is 6.24. The Balaban J connectivity index is 2.54. The highest BCUT2D eigenvalue weighted by Gasteiger charge is 2.14.